The molecule has 0 aromatic carbocycles. The minimum absolute atomic E-state index is 0.234. The van der Waals surface area contributed by atoms with Gasteiger partial charge in [0.05, 0.1) is 12.9 Å². The highest BCUT2D eigenvalue weighted by molar-refractivity contribution is 7.99. The third-order valence-electron chi connectivity index (χ3n) is 3.39. The molecule has 18 heavy (non-hydrogen) atoms. The largest absolute Gasteiger partial charge is 0.468 e. The van der Waals surface area contributed by atoms with Gasteiger partial charge in [-0.2, -0.15) is 0 Å². The average molecular weight is 269 g/mol. The summed E-state index contributed by atoms with van der Waals surface area (Å²) in [5, 5.41) is 9.24. The van der Waals surface area contributed by atoms with E-state index in [2.05, 4.69) is 14.9 Å². The van der Waals surface area contributed by atoms with Crippen molar-refractivity contribution < 1.29 is 9.53 Å². The topological polar surface area (TPSA) is 57.0 Å². The number of carbonyl (C=O) groups excluding carboxylic acids is 1. The fraction of sp³-hybridized carbons (Fsp3) is 0.750. The number of carbonyl (C=O) groups is 1. The van der Waals surface area contributed by atoms with E-state index >= 15 is 0 Å². The number of ether oxygens (including phenoxy) is 1. The molecule has 1 heterocycles. The molecular formula is C12H19N3O2S. The summed E-state index contributed by atoms with van der Waals surface area (Å²) in [5.41, 5.74) is 0. The first-order chi connectivity index (χ1) is 8.72. The molecule has 0 atom stereocenters. The molecule has 1 saturated carbocycles. The van der Waals surface area contributed by atoms with Gasteiger partial charge in [-0.05, 0) is 12.8 Å². The number of methoxy groups -OCH3 is 1. The number of thioether (sulfide) groups is 1. The van der Waals surface area contributed by atoms with Crippen LogP contribution in [-0.2, 0) is 16.6 Å². The highest BCUT2D eigenvalue weighted by Crippen LogP contribution is 2.32. The van der Waals surface area contributed by atoms with E-state index in [1.54, 1.807) is 0 Å². The van der Waals surface area contributed by atoms with Gasteiger partial charge >= 0.3 is 5.97 Å². The summed E-state index contributed by atoms with van der Waals surface area (Å²) < 4.78 is 6.64. The van der Waals surface area contributed by atoms with E-state index in [9.17, 15) is 4.79 Å². The predicted octanol–water partition coefficient (Wildman–Crippen LogP) is 2.13. The molecule has 1 fully saturated rings. The Bertz CT molecular complexity index is 413. The third-order valence-corrected chi connectivity index (χ3v) is 4.38. The lowest BCUT2D eigenvalue weighted by molar-refractivity contribution is -0.137. The van der Waals surface area contributed by atoms with Gasteiger partial charge in [0.25, 0.3) is 0 Å². The van der Waals surface area contributed by atoms with Gasteiger partial charge in [0.1, 0.15) is 5.82 Å². The maximum absolute atomic E-state index is 11.1. The Labute approximate surface area is 111 Å². The van der Waals surface area contributed by atoms with Gasteiger partial charge in [-0.1, -0.05) is 31.0 Å². The number of esters is 1. The molecule has 0 bridgehead atoms. The third kappa shape index (κ3) is 3.04. The van der Waals surface area contributed by atoms with Crippen LogP contribution in [0, 0.1) is 0 Å². The molecule has 1 aliphatic carbocycles. The van der Waals surface area contributed by atoms with Gasteiger partial charge in [0, 0.05) is 13.0 Å². The second-order valence-corrected chi connectivity index (χ2v) is 5.54. The van der Waals surface area contributed by atoms with Crippen molar-refractivity contribution in [2.45, 2.75) is 43.2 Å². The molecule has 0 unspecified atom stereocenters. The van der Waals surface area contributed by atoms with Crippen LogP contribution in [0.1, 0.15) is 43.8 Å². The number of hydrogen-bond acceptors (Lipinski definition) is 5. The van der Waals surface area contributed by atoms with Crippen molar-refractivity contribution in [2.75, 3.05) is 12.9 Å². The normalized spacial score (nSPS) is 16.8. The van der Waals surface area contributed by atoms with Crippen LogP contribution >= 0.6 is 11.8 Å². The van der Waals surface area contributed by atoms with Crippen LogP contribution in [0.3, 0.4) is 0 Å². The molecule has 0 N–H and O–H groups in total. The molecule has 1 aromatic heterocycles. The van der Waals surface area contributed by atoms with Crippen LogP contribution in [0.2, 0.25) is 0 Å². The lowest BCUT2D eigenvalue weighted by atomic mass is 9.89. The summed E-state index contributed by atoms with van der Waals surface area (Å²) in [6.45, 7) is 0. The fourth-order valence-electron chi connectivity index (χ4n) is 2.35. The maximum atomic E-state index is 11.1. The van der Waals surface area contributed by atoms with Crippen LogP contribution in [0.5, 0.6) is 0 Å². The zero-order valence-electron chi connectivity index (χ0n) is 10.9. The number of aromatic nitrogens is 3. The number of hydrogen-bond donors (Lipinski definition) is 0. The summed E-state index contributed by atoms with van der Waals surface area (Å²) in [7, 11) is 3.37. The Kier molecular flexibility index (Phi) is 4.63. The molecule has 0 spiro atoms. The summed E-state index contributed by atoms with van der Waals surface area (Å²) >= 11 is 1.38. The second kappa shape index (κ2) is 6.22. The van der Waals surface area contributed by atoms with E-state index < -0.39 is 0 Å². The Morgan fingerprint density at radius 2 is 2.11 bits per heavy atom. The van der Waals surface area contributed by atoms with Crippen LogP contribution < -0.4 is 0 Å². The summed E-state index contributed by atoms with van der Waals surface area (Å²) in [6.07, 6.45) is 6.30. The van der Waals surface area contributed by atoms with Gasteiger partial charge in [0.15, 0.2) is 5.16 Å². The smallest absolute Gasteiger partial charge is 0.316 e. The van der Waals surface area contributed by atoms with Crippen molar-refractivity contribution in [3.63, 3.8) is 0 Å². The van der Waals surface area contributed by atoms with E-state index in [0.29, 0.717) is 5.92 Å². The zero-order valence-corrected chi connectivity index (χ0v) is 11.7. The highest BCUT2D eigenvalue weighted by atomic mass is 32.2. The second-order valence-electron chi connectivity index (χ2n) is 4.60. The monoisotopic (exact) mass is 269 g/mol. The first-order valence-electron chi connectivity index (χ1n) is 6.31. The van der Waals surface area contributed by atoms with Crippen molar-refractivity contribution in [3.05, 3.63) is 5.82 Å². The predicted molar refractivity (Wildman–Crippen MR) is 69.6 cm³/mol. The molecule has 0 saturated heterocycles. The molecular weight excluding hydrogens is 250 g/mol. The minimum Gasteiger partial charge on any atom is -0.468 e. The van der Waals surface area contributed by atoms with Crippen LogP contribution in [-0.4, -0.2) is 33.6 Å². The molecule has 6 heteroatoms. The molecule has 100 valence electrons. The van der Waals surface area contributed by atoms with E-state index in [4.69, 9.17) is 0 Å². The lowest BCUT2D eigenvalue weighted by Gasteiger charge is -2.20. The molecule has 5 nitrogen and oxygen atoms in total. The van der Waals surface area contributed by atoms with Gasteiger partial charge < -0.3 is 9.30 Å². The van der Waals surface area contributed by atoms with Gasteiger partial charge in [0.2, 0.25) is 0 Å². The number of nitrogens with zero attached hydrogens (tertiary/aromatic N) is 3. The van der Waals surface area contributed by atoms with Crippen LogP contribution in [0.15, 0.2) is 5.16 Å². The number of rotatable bonds is 4. The Hall–Kier alpha value is -1.04. The van der Waals surface area contributed by atoms with E-state index in [1.165, 1.54) is 51.0 Å². The molecule has 0 radical (unpaired) electrons. The SMILES string of the molecule is COC(=O)CSc1nnc(C2CCCCC2)n1C. The van der Waals surface area contributed by atoms with Crippen molar-refractivity contribution in [3.8, 4) is 0 Å². The standard InChI is InChI=1S/C12H19N3O2S/c1-15-11(9-6-4-3-5-7-9)13-14-12(15)18-8-10(16)17-2/h9H,3-8H2,1-2H3. The first-order valence-corrected chi connectivity index (χ1v) is 7.30. The summed E-state index contributed by atoms with van der Waals surface area (Å²) in [6, 6.07) is 0. The molecule has 0 amide bonds. The average Bonchev–Trinajstić information content (AvgIpc) is 2.78. The maximum Gasteiger partial charge on any atom is 0.316 e. The van der Waals surface area contributed by atoms with Crippen molar-refractivity contribution >= 4 is 17.7 Å². The Morgan fingerprint density at radius 1 is 1.39 bits per heavy atom. The molecule has 1 aromatic rings. The Morgan fingerprint density at radius 3 is 2.78 bits per heavy atom. The molecule has 1 aliphatic rings. The quantitative estimate of drug-likeness (QED) is 0.619. The van der Waals surface area contributed by atoms with Crippen molar-refractivity contribution in [1.29, 1.82) is 0 Å². The minimum atomic E-state index is -0.234. The zero-order chi connectivity index (χ0) is 13.0. The summed E-state index contributed by atoms with van der Waals surface area (Å²) in [4.78, 5) is 11.1. The van der Waals surface area contributed by atoms with E-state index in [1.807, 2.05) is 11.6 Å². The van der Waals surface area contributed by atoms with Crippen LogP contribution in [0.25, 0.3) is 0 Å². The van der Waals surface area contributed by atoms with E-state index in [0.717, 1.165) is 11.0 Å². The van der Waals surface area contributed by atoms with Gasteiger partial charge in [-0.15, -0.1) is 10.2 Å². The van der Waals surface area contributed by atoms with Crippen molar-refractivity contribution in [1.82, 2.24) is 14.8 Å². The first kappa shape index (κ1) is 13.4. The summed E-state index contributed by atoms with van der Waals surface area (Å²) in [5.74, 6) is 1.64. The molecule has 0 aliphatic heterocycles. The van der Waals surface area contributed by atoms with E-state index in [-0.39, 0.29) is 11.7 Å². The fourth-order valence-corrected chi connectivity index (χ4v) is 3.10. The molecule has 2 rings (SSSR count). The Balaban J connectivity index is 2.01. The van der Waals surface area contributed by atoms with Crippen molar-refractivity contribution in [2.24, 2.45) is 7.05 Å². The van der Waals surface area contributed by atoms with Gasteiger partial charge in [-0.3, -0.25) is 4.79 Å². The highest BCUT2D eigenvalue weighted by Gasteiger charge is 2.22. The van der Waals surface area contributed by atoms with Crippen LogP contribution in [0.4, 0.5) is 0 Å². The van der Waals surface area contributed by atoms with Gasteiger partial charge in [-0.25, -0.2) is 0 Å². The lowest BCUT2D eigenvalue weighted by Crippen LogP contribution is -2.11.